The van der Waals surface area contributed by atoms with Gasteiger partial charge in [0.25, 0.3) is 11.6 Å². The number of carbonyl (C=O) groups is 1. The normalized spacial score (nSPS) is 24.9. The number of nitro benzene ring substituents is 1. The highest BCUT2D eigenvalue weighted by Gasteiger charge is 2.51. The number of rotatable bonds is 10. The maximum atomic E-state index is 16.4. The van der Waals surface area contributed by atoms with E-state index in [1.54, 1.807) is 18.3 Å². The van der Waals surface area contributed by atoms with E-state index in [9.17, 15) is 14.9 Å². The molecule has 0 unspecified atom stereocenters. The number of alkyl halides is 1. The van der Waals surface area contributed by atoms with E-state index in [-0.39, 0.29) is 84.2 Å². The van der Waals surface area contributed by atoms with Gasteiger partial charge in [0, 0.05) is 88.7 Å². The number of hydrogen-bond donors (Lipinski definition) is 3. The summed E-state index contributed by atoms with van der Waals surface area (Å²) in [5, 5.41) is 16.8. The summed E-state index contributed by atoms with van der Waals surface area (Å²) in [6, 6.07) is 16.9. The highest BCUT2D eigenvalue weighted by molar-refractivity contribution is 7.91. The van der Waals surface area contributed by atoms with Crippen LogP contribution in [0.3, 0.4) is 0 Å². The third kappa shape index (κ3) is 8.40. The van der Waals surface area contributed by atoms with Crippen LogP contribution < -0.4 is 30.3 Å². The standard InChI is InChI=1S/C54H63FN8O10S/c1-32(2)36-6-3-4-7-37(36)43-29-70-20-5-17-61(43)34-27-53(28-34)12-18-60(19-13-53)40-9-8-38(50(56)64)48(62-39-11-21-71-30-45(39)73-52-42(62)24-33-10-16-57-51(33)59-52)49(40)74(67,68)35-25-41(63(65)66)47-44(26-35)72-31-46(58-47)54(55)14-22-69-23-15-54/h3-4,6-10,16,24-26,32,34,39,43,45-46,58H,5,11-15,17-23,27-31H2,1-2H3,(H2,56,64)(H,57,59)/t39-,43-,45-,46+/m0/s1. The van der Waals surface area contributed by atoms with Gasteiger partial charge < -0.3 is 49.5 Å². The van der Waals surface area contributed by atoms with Crippen LogP contribution in [0, 0.1) is 15.5 Å². The minimum atomic E-state index is -4.86. The van der Waals surface area contributed by atoms with E-state index in [1.807, 2.05) is 17.0 Å². The van der Waals surface area contributed by atoms with Crippen LogP contribution in [-0.2, 0) is 24.0 Å². The van der Waals surface area contributed by atoms with Crippen LogP contribution in [0.1, 0.15) is 98.7 Å². The van der Waals surface area contributed by atoms with E-state index in [0.717, 1.165) is 56.7 Å². The molecule has 18 nitrogen and oxygen atoms in total. The van der Waals surface area contributed by atoms with E-state index in [4.69, 9.17) is 34.4 Å². The van der Waals surface area contributed by atoms with Crippen molar-refractivity contribution in [1.29, 1.82) is 0 Å². The molecule has 0 radical (unpaired) electrons. The number of sulfone groups is 1. The van der Waals surface area contributed by atoms with Gasteiger partial charge in [-0.25, -0.2) is 12.8 Å². The number of carbonyl (C=O) groups excluding carboxylic acids is 1. The molecule has 4 atom stereocenters. The molecule has 7 aliphatic rings. The second-order valence-electron chi connectivity index (χ2n) is 21.6. The second-order valence-corrected chi connectivity index (χ2v) is 23.5. The molecular formula is C54H63FN8O10S. The number of anilines is 4. The Morgan fingerprint density at radius 1 is 0.932 bits per heavy atom. The number of primary amides is 1. The fraction of sp³-hybridized carbons (Fsp3) is 0.519. The first kappa shape index (κ1) is 48.9. The van der Waals surface area contributed by atoms with Crippen LogP contribution in [0.5, 0.6) is 11.6 Å². The third-order valence-electron chi connectivity index (χ3n) is 17.1. The van der Waals surface area contributed by atoms with Crippen molar-refractivity contribution in [3.05, 3.63) is 93.7 Å². The van der Waals surface area contributed by atoms with Crippen LogP contribution in [0.4, 0.5) is 32.8 Å². The van der Waals surface area contributed by atoms with Crippen LogP contribution >= 0.6 is 0 Å². The zero-order valence-corrected chi connectivity index (χ0v) is 42.5. The van der Waals surface area contributed by atoms with E-state index in [0.29, 0.717) is 61.7 Å². The van der Waals surface area contributed by atoms with Gasteiger partial charge in [-0.2, -0.15) is 4.98 Å². The lowest BCUT2D eigenvalue weighted by Crippen LogP contribution is -2.56. The van der Waals surface area contributed by atoms with Gasteiger partial charge in [0.2, 0.25) is 15.7 Å². The molecule has 1 aliphatic carbocycles. The number of amides is 1. The fourth-order valence-corrected chi connectivity index (χ4v) is 14.8. The van der Waals surface area contributed by atoms with E-state index in [2.05, 4.69) is 58.2 Å². The Morgan fingerprint density at radius 2 is 1.72 bits per heavy atom. The first-order valence-electron chi connectivity index (χ1n) is 26.1. The highest BCUT2D eigenvalue weighted by atomic mass is 32.2. The number of halogens is 1. The van der Waals surface area contributed by atoms with Gasteiger partial charge >= 0.3 is 0 Å². The van der Waals surface area contributed by atoms with Crippen molar-refractivity contribution in [1.82, 2.24) is 14.9 Å². The van der Waals surface area contributed by atoms with Gasteiger partial charge in [0.15, 0.2) is 11.4 Å². The van der Waals surface area contributed by atoms with Crippen molar-refractivity contribution in [2.75, 3.05) is 81.0 Å². The number of aromatic nitrogens is 2. The quantitative estimate of drug-likeness (QED) is 0.0889. The number of H-pyrrole nitrogens is 1. The molecule has 12 rings (SSSR count). The topological polar surface area (TPSA) is 217 Å². The molecule has 5 aromatic rings. The third-order valence-corrected chi connectivity index (χ3v) is 18.9. The van der Waals surface area contributed by atoms with Crippen LogP contribution in [-0.4, -0.2) is 130 Å². The Hall–Kier alpha value is -6.06. The molecule has 5 fully saturated rings. The number of ether oxygens (including phenoxy) is 5. The molecule has 392 valence electrons. The lowest BCUT2D eigenvalue weighted by molar-refractivity contribution is -0.384. The van der Waals surface area contributed by atoms with Gasteiger partial charge in [-0.3, -0.25) is 19.8 Å². The summed E-state index contributed by atoms with van der Waals surface area (Å²) in [6.45, 7) is 8.45. The molecule has 3 aromatic carbocycles. The molecule has 20 heteroatoms. The van der Waals surface area contributed by atoms with Crippen molar-refractivity contribution >= 4 is 55.2 Å². The molecule has 2 aromatic heterocycles. The van der Waals surface area contributed by atoms with Gasteiger partial charge in [0.05, 0.1) is 58.1 Å². The van der Waals surface area contributed by atoms with Gasteiger partial charge in [-0.15, -0.1) is 0 Å². The lowest BCUT2D eigenvalue weighted by atomic mass is 9.59. The Labute approximate surface area is 429 Å². The molecule has 6 aliphatic heterocycles. The largest absolute Gasteiger partial charge is 0.489 e. The molecule has 0 bridgehead atoms. The maximum Gasteiger partial charge on any atom is 0.297 e. The number of nitrogens with one attached hydrogen (secondary N) is 2. The van der Waals surface area contributed by atoms with Crippen molar-refractivity contribution < 1.29 is 46.2 Å². The van der Waals surface area contributed by atoms with E-state index >= 15 is 12.8 Å². The molecule has 4 saturated heterocycles. The van der Waals surface area contributed by atoms with Gasteiger partial charge in [-0.05, 0) is 85.3 Å². The average molecular weight is 1040 g/mol. The number of nitrogens with zero attached hydrogens (tertiary/aromatic N) is 5. The molecular weight excluding hydrogens is 972 g/mol. The smallest absolute Gasteiger partial charge is 0.297 e. The second kappa shape index (κ2) is 18.9. The van der Waals surface area contributed by atoms with E-state index in [1.165, 1.54) is 17.2 Å². The van der Waals surface area contributed by atoms with Crippen molar-refractivity contribution in [2.45, 2.75) is 117 Å². The minimum absolute atomic E-state index is 0.0200. The Bertz CT molecular complexity index is 3110. The summed E-state index contributed by atoms with van der Waals surface area (Å²) in [5.74, 6) is -0.403. The average Bonchev–Trinajstić information content (AvgIpc) is 3.73. The SMILES string of the molecule is CC(C)c1ccccc1[C@@H]1COCCCN1C1CC2(CCN(c3ccc(C(N)=O)c(N4c5cc6cc[nH]c6nc5O[C@H]5COCC[C@@H]54)c3S(=O)(=O)c3cc4c(c([N+](=O)[O-])c3)N[C@@H](C3(F)CCOCC3)CO4)CC2)C1. The molecule has 1 amide bonds. The summed E-state index contributed by atoms with van der Waals surface area (Å²) in [6.07, 6.45) is 6.18. The number of piperidine rings is 1. The summed E-state index contributed by atoms with van der Waals surface area (Å²) in [7, 11) is -4.86. The van der Waals surface area contributed by atoms with Gasteiger partial charge in [0.1, 0.15) is 34.6 Å². The number of aromatic amines is 1. The molecule has 4 N–H and O–H groups in total. The first-order valence-corrected chi connectivity index (χ1v) is 27.6. The zero-order valence-electron chi connectivity index (χ0n) is 41.7. The Morgan fingerprint density at radius 3 is 2.49 bits per heavy atom. The summed E-state index contributed by atoms with van der Waals surface area (Å²) >= 11 is 0. The number of fused-ring (bicyclic) bond motifs is 4. The number of nitrogens with two attached hydrogens (primary N) is 1. The number of nitro groups is 1. The van der Waals surface area contributed by atoms with Crippen molar-refractivity contribution in [3.63, 3.8) is 0 Å². The van der Waals surface area contributed by atoms with Crippen LogP contribution in [0.25, 0.3) is 11.0 Å². The predicted octanol–water partition coefficient (Wildman–Crippen LogP) is 8.12. The number of pyridine rings is 1. The van der Waals surface area contributed by atoms with Gasteiger partial charge in [-0.1, -0.05) is 38.1 Å². The minimum Gasteiger partial charge on any atom is -0.489 e. The monoisotopic (exact) mass is 1030 g/mol. The Kier molecular flexibility index (Phi) is 12.5. The van der Waals surface area contributed by atoms with Crippen molar-refractivity contribution in [3.8, 4) is 11.6 Å². The number of hydrogen-bond acceptors (Lipinski definition) is 15. The predicted molar refractivity (Wildman–Crippen MR) is 274 cm³/mol. The molecule has 8 heterocycles. The van der Waals surface area contributed by atoms with Crippen LogP contribution in [0.2, 0.25) is 0 Å². The summed E-state index contributed by atoms with van der Waals surface area (Å²) in [4.78, 5) is 40.2. The summed E-state index contributed by atoms with van der Waals surface area (Å²) in [5.41, 5.74) is 7.76. The van der Waals surface area contributed by atoms with E-state index < -0.39 is 55.1 Å². The number of benzene rings is 3. The highest BCUT2D eigenvalue weighted by Crippen LogP contribution is 2.56. The fourth-order valence-electron chi connectivity index (χ4n) is 13.1. The lowest BCUT2D eigenvalue weighted by Gasteiger charge is -2.57. The van der Waals surface area contributed by atoms with Crippen LogP contribution in [0.15, 0.2) is 76.7 Å². The maximum absolute atomic E-state index is 16.4. The molecule has 1 saturated carbocycles. The Balaban J connectivity index is 0.949. The van der Waals surface area contributed by atoms with Crippen molar-refractivity contribution in [2.24, 2.45) is 11.1 Å². The zero-order chi connectivity index (χ0) is 51.1. The molecule has 74 heavy (non-hydrogen) atoms. The first-order chi connectivity index (χ1) is 35.7. The summed E-state index contributed by atoms with van der Waals surface area (Å²) < 4.78 is 78.9. The molecule has 1 spiro atoms.